The topological polar surface area (TPSA) is 27.3 Å². The van der Waals surface area contributed by atoms with E-state index in [1.54, 1.807) is 0 Å². The van der Waals surface area contributed by atoms with Crippen molar-refractivity contribution in [3.05, 3.63) is 0 Å². The minimum Gasteiger partial charge on any atom is -0.314 e. The van der Waals surface area contributed by atoms with Gasteiger partial charge in [-0.15, -0.1) is 0 Å². The first-order valence-electron chi connectivity index (χ1n) is 7.75. The summed E-state index contributed by atoms with van der Waals surface area (Å²) < 4.78 is 0. The number of rotatable bonds is 6. The molecule has 1 saturated carbocycles. The van der Waals surface area contributed by atoms with E-state index in [2.05, 4.69) is 36.3 Å². The van der Waals surface area contributed by atoms with Crippen LogP contribution < -0.4 is 10.6 Å². The molecule has 2 aliphatic rings. The summed E-state index contributed by atoms with van der Waals surface area (Å²) in [6, 6.07) is 0. The molecule has 0 atom stereocenters. The summed E-state index contributed by atoms with van der Waals surface area (Å²) in [6.45, 7) is 14.1. The van der Waals surface area contributed by atoms with E-state index >= 15 is 0 Å². The molecule has 18 heavy (non-hydrogen) atoms. The minimum atomic E-state index is 0.292. The Balaban J connectivity index is 1.74. The van der Waals surface area contributed by atoms with Gasteiger partial charge in [0.2, 0.25) is 0 Å². The van der Waals surface area contributed by atoms with Gasteiger partial charge in [-0.2, -0.15) is 0 Å². The summed E-state index contributed by atoms with van der Waals surface area (Å²) in [7, 11) is 0. The van der Waals surface area contributed by atoms with Gasteiger partial charge in [0.15, 0.2) is 0 Å². The lowest BCUT2D eigenvalue weighted by Crippen LogP contribution is -2.58. The van der Waals surface area contributed by atoms with Crippen molar-refractivity contribution >= 4 is 0 Å². The van der Waals surface area contributed by atoms with E-state index in [0.29, 0.717) is 11.0 Å². The number of nitrogens with zero attached hydrogens (tertiary/aromatic N) is 1. The van der Waals surface area contributed by atoms with Crippen molar-refractivity contribution in [3.63, 3.8) is 0 Å². The highest BCUT2D eigenvalue weighted by Gasteiger charge is 2.35. The monoisotopic (exact) mass is 253 g/mol. The van der Waals surface area contributed by atoms with Crippen molar-refractivity contribution in [2.75, 3.05) is 39.3 Å². The summed E-state index contributed by atoms with van der Waals surface area (Å²) in [5.41, 5.74) is 0.931. The molecular formula is C15H31N3. The molecule has 3 nitrogen and oxygen atoms in total. The molecule has 0 amide bonds. The van der Waals surface area contributed by atoms with Gasteiger partial charge in [0, 0.05) is 44.8 Å². The number of piperazine rings is 1. The molecule has 0 bridgehead atoms. The molecular weight excluding hydrogens is 222 g/mol. The summed E-state index contributed by atoms with van der Waals surface area (Å²) in [6.07, 6.45) is 5.65. The Labute approximate surface area is 113 Å². The van der Waals surface area contributed by atoms with Crippen LogP contribution in [0.3, 0.4) is 0 Å². The number of hydrogen-bond acceptors (Lipinski definition) is 3. The predicted octanol–water partition coefficient (Wildman–Crippen LogP) is 1.84. The first kappa shape index (κ1) is 14.3. The van der Waals surface area contributed by atoms with Gasteiger partial charge < -0.3 is 10.6 Å². The van der Waals surface area contributed by atoms with Crippen LogP contribution in [0.2, 0.25) is 0 Å². The van der Waals surface area contributed by atoms with Crippen molar-refractivity contribution in [1.82, 2.24) is 15.5 Å². The van der Waals surface area contributed by atoms with Gasteiger partial charge in [0.05, 0.1) is 0 Å². The fourth-order valence-corrected chi connectivity index (χ4v) is 3.35. The van der Waals surface area contributed by atoms with Crippen LogP contribution >= 0.6 is 0 Å². The van der Waals surface area contributed by atoms with Gasteiger partial charge in [-0.1, -0.05) is 13.3 Å². The second-order valence-corrected chi connectivity index (χ2v) is 6.86. The van der Waals surface area contributed by atoms with Crippen LogP contribution in [0.15, 0.2) is 0 Å². The lowest BCUT2D eigenvalue weighted by Gasteiger charge is -2.44. The number of nitrogens with one attached hydrogen (secondary N) is 2. The van der Waals surface area contributed by atoms with E-state index in [0.717, 1.165) is 19.6 Å². The van der Waals surface area contributed by atoms with Gasteiger partial charge in [-0.3, -0.25) is 4.90 Å². The molecule has 1 aliphatic heterocycles. The zero-order valence-electron chi connectivity index (χ0n) is 12.5. The van der Waals surface area contributed by atoms with Gasteiger partial charge in [0.25, 0.3) is 0 Å². The standard InChI is InChI=1S/C15H31N3/c1-4-15(6-5-7-15)13-17-12-14(2,3)18-10-8-16-9-11-18/h16-17H,4-13H2,1-3H3. The van der Waals surface area contributed by atoms with Crippen molar-refractivity contribution in [3.8, 4) is 0 Å². The van der Waals surface area contributed by atoms with Crippen LogP contribution in [-0.2, 0) is 0 Å². The lowest BCUT2D eigenvalue weighted by molar-refractivity contribution is 0.0837. The molecule has 0 aromatic rings. The van der Waals surface area contributed by atoms with Crippen LogP contribution in [0, 0.1) is 5.41 Å². The molecule has 1 heterocycles. The lowest BCUT2D eigenvalue weighted by atomic mass is 9.67. The van der Waals surface area contributed by atoms with Crippen LogP contribution in [0.1, 0.15) is 46.5 Å². The molecule has 1 saturated heterocycles. The summed E-state index contributed by atoms with van der Waals surface area (Å²) in [5.74, 6) is 0. The Bertz CT molecular complexity index is 247. The molecule has 2 rings (SSSR count). The molecule has 3 heteroatoms. The van der Waals surface area contributed by atoms with Crippen LogP contribution in [0.25, 0.3) is 0 Å². The molecule has 0 spiro atoms. The van der Waals surface area contributed by atoms with Gasteiger partial charge in [0.1, 0.15) is 0 Å². The largest absolute Gasteiger partial charge is 0.314 e. The molecule has 106 valence electrons. The third-order valence-corrected chi connectivity index (χ3v) is 5.19. The molecule has 0 unspecified atom stereocenters. The van der Waals surface area contributed by atoms with Gasteiger partial charge in [-0.25, -0.2) is 0 Å². The average Bonchev–Trinajstić information content (AvgIpc) is 2.34. The average molecular weight is 253 g/mol. The van der Waals surface area contributed by atoms with Crippen molar-refractivity contribution in [1.29, 1.82) is 0 Å². The molecule has 2 N–H and O–H groups in total. The number of hydrogen-bond donors (Lipinski definition) is 2. The van der Waals surface area contributed by atoms with E-state index in [1.807, 2.05) is 0 Å². The van der Waals surface area contributed by atoms with Crippen molar-refractivity contribution in [2.45, 2.75) is 52.0 Å². The maximum absolute atomic E-state index is 3.75. The van der Waals surface area contributed by atoms with Crippen molar-refractivity contribution < 1.29 is 0 Å². The highest BCUT2D eigenvalue weighted by Crippen LogP contribution is 2.43. The maximum atomic E-state index is 3.75. The highest BCUT2D eigenvalue weighted by molar-refractivity contribution is 4.91. The second kappa shape index (κ2) is 5.89. The smallest absolute Gasteiger partial charge is 0.0278 e. The van der Waals surface area contributed by atoms with E-state index in [9.17, 15) is 0 Å². The van der Waals surface area contributed by atoms with E-state index in [4.69, 9.17) is 0 Å². The van der Waals surface area contributed by atoms with Crippen LogP contribution in [-0.4, -0.2) is 49.7 Å². The Morgan fingerprint density at radius 2 is 1.89 bits per heavy atom. The second-order valence-electron chi connectivity index (χ2n) is 6.86. The minimum absolute atomic E-state index is 0.292. The third-order valence-electron chi connectivity index (χ3n) is 5.19. The Morgan fingerprint density at radius 1 is 1.22 bits per heavy atom. The Hall–Kier alpha value is -0.120. The summed E-state index contributed by atoms with van der Waals surface area (Å²) >= 11 is 0. The van der Waals surface area contributed by atoms with Crippen LogP contribution in [0.4, 0.5) is 0 Å². The van der Waals surface area contributed by atoms with Gasteiger partial charge in [-0.05, 0) is 38.5 Å². The molecule has 0 radical (unpaired) electrons. The molecule has 0 aromatic heterocycles. The fraction of sp³-hybridized carbons (Fsp3) is 1.00. The Kier molecular flexibility index (Phi) is 4.68. The first-order chi connectivity index (χ1) is 8.58. The van der Waals surface area contributed by atoms with Crippen molar-refractivity contribution in [2.24, 2.45) is 5.41 Å². The fourth-order valence-electron chi connectivity index (χ4n) is 3.35. The summed E-state index contributed by atoms with van der Waals surface area (Å²) in [5, 5.41) is 7.19. The van der Waals surface area contributed by atoms with Crippen LogP contribution in [0.5, 0.6) is 0 Å². The maximum Gasteiger partial charge on any atom is 0.0278 e. The van der Waals surface area contributed by atoms with E-state index in [-0.39, 0.29) is 0 Å². The summed E-state index contributed by atoms with van der Waals surface area (Å²) in [4.78, 5) is 2.62. The predicted molar refractivity (Wildman–Crippen MR) is 78.0 cm³/mol. The van der Waals surface area contributed by atoms with E-state index < -0.39 is 0 Å². The molecule has 1 aliphatic carbocycles. The Morgan fingerprint density at radius 3 is 2.39 bits per heavy atom. The van der Waals surface area contributed by atoms with Gasteiger partial charge >= 0.3 is 0 Å². The zero-order chi connectivity index (χ0) is 13.1. The van der Waals surface area contributed by atoms with E-state index in [1.165, 1.54) is 45.3 Å². The first-order valence-corrected chi connectivity index (χ1v) is 7.75. The molecule has 0 aromatic carbocycles. The highest BCUT2D eigenvalue weighted by atomic mass is 15.2. The molecule has 2 fully saturated rings. The normalized spacial score (nSPS) is 24.8. The third kappa shape index (κ3) is 3.25. The zero-order valence-corrected chi connectivity index (χ0v) is 12.5. The quantitative estimate of drug-likeness (QED) is 0.756. The SMILES string of the molecule is CCC1(CNCC(C)(C)N2CCNCC2)CCC1.